The second kappa shape index (κ2) is 9.89. The van der Waals surface area contributed by atoms with E-state index in [-0.39, 0.29) is 30.8 Å². The first kappa shape index (κ1) is 21.3. The van der Waals surface area contributed by atoms with Crippen LogP contribution in [0.4, 0.5) is 0 Å². The number of thioether (sulfide) groups is 1. The molecule has 29 heavy (non-hydrogen) atoms. The number of nitrogens with one attached hydrogen (secondary N) is 1. The maximum atomic E-state index is 12.7. The fraction of sp³-hybridized carbons (Fsp3) is 0.400. The third-order valence-corrected chi connectivity index (χ3v) is 6.03. The maximum Gasteiger partial charge on any atom is 0.306 e. The van der Waals surface area contributed by atoms with Gasteiger partial charge in [-0.3, -0.25) is 19.8 Å². The van der Waals surface area contributed by atoms with Crippen molar-refractivity contribution in [2.45, 2.75) is 38.5 Å². The van der Waals surface area contributed by atoms with Crippen molar-refractivity contribution in [3.05, 3.63) is 34.7 Å². The number of ether oxygens (including phenoxy) is 1. The monoisotopic (exact) mass is 434 g/mol. The summed E-state index contributed by atoms with van der Waals surface area (Å²) in [4.78, 5) is 36.1. The minimum absolute atomic E-state index is 0.0636. The summed E-state index contributed by atoms with van der Waals surface area (Å²) in [5.74, 6) is -1.00. The molecule has 0 spiro atoms. The summed E-state index contributed by atoms with van der Waals surface area (Å²) in [6, 6.07) is 6.99. The molecule has 1 heterocycles. The van der Waals surface area contributed by atoms with E-state index < -0.39 is 5.97 Å². The first-order chi connectivity index (χ1) is 13.9. The fourth-order valence-electron chi connectivity index (χ4n) is 3.23. The van der Waals surface area contributed by atoms with E-state index in [9.17, 15) is 14.4 Å². The van der Waals surface area contributed by atoms with Gasteiger partial charge < -0.3 is 9.84 Å². The molecule has 2 aliphatic rings. The van der Waals surface area contributed by atoms with Gasteiger partial charge in [-0.05, 0) is 48.8 Å². The lowest BCUT2D eigenvalue weighted by Crippen LogP contribution is -2.47. The number of hydrogen-bond donors (Lipinski definition) is 2. The van der Waals surface area contributed by atoms with Gasteiger partial charge in [0.05, 0.1) is 17.9 Å². The van der Waals surface area contributed by atoms with Crippen molar-refractivity contribution >= 4 is 52.2 Å². The Balaban J connectivity index is 1.64. The lowest BCUT2D eigenvalue weighted by molar-refractivity contribution is -0.137. The van der Waals surface area contributed by atoms with Crippen LogP contribution in [0.1, 0.15) is 44.1 Å². The molecule has 1 saturated heterocycles. The van der Waals surface area contributed by atoms with Crippen molar-refractivity contribution in [2.24, 2.45) is 5.92 Å². The number of nitrogens with zero attached hydrogens (tertiary/aromatic N) is 1. The van der Waals surface area contributed by atoms with Gasteiger partial charge in [-0.15, -0.1) is 0 Å². The van der Waals surface area contributed by atoms with E-state index in [0.717, 1.165) is 54.4 Å². The molecule has 154 valence electrons. The Morgan fingerprint density at radius 3 is 2.79 bits per heavy atom. The van der Waals surface area contributed by atoms with Gasteiger partial charge in [-0.25, -0.2) is 0 Å². The largest absolute Gasteiger partial charge is 0.493 e. The molecule has 1 saturated carbocycles. The molecule has 0 atom stereocenters. The molecule has 0 radical (unpaired) electrons. The van der Waals surface area contributed by atoms with Crippen LogP contribution < -0.4 is 10.2 Å². The lowest BCUT2D eigenvalue weighted by Gasteiger charge is -2.23. The van der Waals surface area contributed by atoms with Gasteiger partial charge in [0.1, 0.15) is 5.75 Å². The molecule has 1 aliphatic carbocycles. The van der Waals surface area contributed by atoms with Crippen molar-refractivity contribution in [3.8, 4) is 5.75 Å². The van der Waals surface area contributed by atoms with Gasteiger partial charge in [0, 0.05) is 5.92 Å². The molecule has 2 fully saturated rings. The van der Waals surface area contributed by atoms with Crippen LogP contribution in [0.2, 0.25) is 0 Å². The molecular weight excluding hydrogens is 412 g/mol. The van der Waals surface area contributed by atoms with Crippen LogP contribution in [0.15, 0.2) is 29.2 Å². The molecule has 2 N–H and O–H groups in total. The van der Waals surface area contributed by atoms with E-state index >= 15 is 0 Å². The van der Waals surface area contributed by atoms with E-state index in [4.69, 9.17) is 22.1 Å². The first-order valence-corrected chi connectivity index (χ1v) is 10.7. The van der Waals surface area contributed by atoms with Crippen LogP contribution in [-0.4, -0.2) is 38.8 Å². The first-order valence-electron chi connectivity index (χ1n) is 9.47. The molecule has 3 rings (SSSR count). The lowest BCUT2D eigenvalue weighted by atomic mass is 9.89. The summed E-state index contributed by atoms with van der Waals surface area (Å²) in [5, 5.41) is 9.83. The number of thiocarbonyl (C=S) groups is 1. The molecule has 1 aromatic carbocycles. The van der Waals surface area contributed by atoms with Crippen molar-refractivity contribution in [3.63, 3.8) is 0 Å². The van der Waals surface area contributed by atoms with Gasteiger partial charge >= 0.3 is 5.97 Å². The molecule has 7 nitrogen and oxygen atoms in total. The number of amides is 2. The molecule has 0 aromatic heterocycles. The molecule has 2 amide bonds. The Labute approximate surface area is 178 Å². The van der Waals surface area contributed by atoms with E-state index in [0.29, 0.717) is 15.0 Å². The number of hydrogen-bond acceptors (Lipinski definition) is 6. The Morgan fingerprint density at radius 1 is 1.31 bits per heavy atom. The summed E-state index contributed by atoms with van der Waals surface area (Å²) in [6.45, 7) is 0.0636. The number of carbonyl (C=O) groups is 3. The Bertz CT molecular complexity index is 849. The van der Waals surface area contributed by atoms with Gasteiger partial charge in [0.15, 0.2) is 4.32 Å². The van der Waals surface area contributed by atoms with Crippen LogP contribution in [-0.2, 0) is 14.4 Å². The predicted molar refractivity (Wildman–Crippen MR) is 114 cm³/mol. The van der Waals surface area contributed by atoms with E-state index in [1.54, 1.807) is 30.3 Å². The smallest absolute Gasteiger partial charge is 0.306 e. The SMILES string of the molecule is O=C(O)CCOc1cccc(/C=C2/SC(=S)N(NC(=O)C3CCCCC3)C2=O)c1. The number of carbonyl (C=O) groups excluding carboxylic acids is 2. The highest BCUT2D eigenvalue weighted by atomic mass is 32.2. The predicted octanol–water partition coefficient (Wildman–Crippen LogP) is 3.35. The second-order valence-corrected chi connectivity index (χ2v) is 8.57. The molecule has 1 aliphatic heterocycles. The van der Waals surface area contributed by atoms with Crippen molar-refractivity contribution in [2.75, 3.05) is 6.61 Å². The maximum absolute atomic E-state index is 12.7. The summed E-state index contributed by atoms with van der Waals surface area (Å²) in [6.07, 6.45) is 6.46. The van der Waals surface area contributed by atoms with Crippen LogP contribution in [0.5, 0.6) is 5.75 Å². The van der Waals surface area contributed by atoms with Crippen molar-refractivity contribution < 1.29 is 24.2 Å². The summed E-state index contributed by atoms with van der Waals surface area (Å²) in [7, 11) is 0. The third-order valence-electron chi connectivity index (χ3n) is 4.73. The molecule has 0 bridgehead atoms. The molecule has 0 unspecified atom stereocenters. The zero-order valence-electron chi connectivity index (χ0n) is 15.8. The number of aliphatic carboxylic acids is 1. The van der Waals surface area contributed by atoms with Crippen LogP contribution in [0.3, 0.4) is 0 Å². The van der Waals surface area contributed by atoms with E-state index in [2.05, 4.69) is 5.43 Å². The van der Waals surface area contributed by atoms with Crippen LogP contribution in [0, 0.1) is 5.92 Å². The van der Waals surface area contributed by atoms with Crippen LogP contribution >= 0.6 is 24.0 Å². The highest BCUT2D eigenvalue weighted by Gasteiger charge is 2.35. The average Bonchev–Trinajstić information content (AvgIpc) is 2.96. The van der Waals surface area contributed by atoms with Crippen LogP contribution in [0.25, 0.3) is 6.08 Å². The Morgan fingerprint density at radius 2 is 2.07 bits per heavy atom. The zero-order valence-corrected chi connectivity index (χ0v) is 17.4. The van der Waals surface area contributed by atoms with E-state index in [1.165, 1.54) is 0 Å². The Kier molecular flexibility index (Phi) is 7.27. The minimum atomic E-state index is -0.930. The topological polar surface area (TPSA) is 95.9 Å². The quantitative estimate of drug-likeness (QED) is 0.502. The minimum Gasteiger partial charge on any atom is -0.493 e. The number of benzene rings is 1. The number of rotatable bonds is 7. The average molecular weight is 435 g/mol. The Hall–Kier alpha value is -2.39. The summed E-state index contributed by atoms with van der Waals surface area (Å²) < 4.78 is 5.71. The standard InChI is InChI=1S/C20H22N2O5S2/c23-17(24)9-10-27-15-8-4-5-13(11-15)12-16-19(26)22(20(28)29-16)21-18(25)14-6-2-1-3-7-14/h4-5,8,11-12,14H,1-3,6-7,9-10H2,(H,21,25)(H,23,24)/b16-12+. The van der Waals surface area contributed by atoms with Crippen molar-refractivity contribution in [1.82, 2.24) is 10.4 Å². The fourth-order valence-corrected chi connectivity index (χ4v) is 4.41. The highest BCUT2D eigenvalue weighted by Crippen LogP contribution is 2.32. The molecular formula is C20H22N2O5S2. The number of hydrazine groups is 1. The second-order valence-electron chi connectivity index (χ2n) is 6.89. The zero-order chi connectivity index (χ0) is 20.8. The van der Waals surface area contributed by atoms with Gasteiger partial charge in [0.25, 0.3) is 5.91 Å². The molecule has 1 aromatic rings. The van der Waals surface area contributed by atoms with Crippen molar-refractivity contribution in [1.29, 1.82) is 0 Å². The van der Waals surface area contributed by atoms with E-state index in [1.807, 2.05) is 0 Å². The highest BCUT2D eigenvalue weighted by molar-refractivity contribution is 8.26. The molecule has 9 heteroatoms. The van der Waals surface area contributed by atoms with Gasteiger partial charge in [-0.2, -0.15) is 5.01 Å². The van der Waals surface area contributed by atoms with Gasteiger partial charge in [0.2, 0.25) is 5.91 Å². The summed E-state index contributed by atoms with van der Waals surface area (Å²) >= 11 is 6.40. The summed E-state index contributed by atoms with van der Waals surface area (Å²) in [5.41, 5.74) is 3.39. The number of carboxylic acid groups (broad SMARTS) is 1. The third kappa shape index (κ3) is 5.80. The number of carboxylic acids is 1. The van der Waals surface area contributed by atoms with Gasteiger partial charge in [-0.1, -0.05) is 43.2 Å². The normalized spacial score (nSPS) is 18.9.